The van der Waals surface area contributed by atoms with Crippen LogP contribution in [0.4, 0.5) is 0 Å². The number of hydrogen-bond donors (Lipinski definition) is 0. The molecule has 6 heteroatoms. The van der Waals surface area contributed by atoms with Crippen molar-refractivity contribution in [3.63, 3.8) is 0 Å². The van der Waals surface area contributed by atoms with E-state index in [-0.39, 0.29) is 23.3 Å². The summed E-state index contributed by atoms with van der Waals surface area (Å²) in [6.45, 7) is 16.6. The number of esters is 3. The van der Waals surface area contributed by atoms with Gasteiger partial charge in [0.1, 0.15) is 28.1 Å². The van der Waals surface area contributed by atoms with Gasteiger partial charge >= 0.3 is 17.9 Å². The van der Waals surface area contributed by atoms with Crippen LogP contribution in [0.1, 0.15) is 80.6 Å². The van der Waals surface area contributed by atoms with Crippen molar-refractivity contribution in [2.24, 2.45) is 22.2 Å². The third kappa shape index (κ3) is 3.90. The molecule has 0 aromatic heterocycles. The summed E-state index contributed by atoms with van der Waals surface area (Å²) in [5, 5.41) is 0. The molecule has 0 aromatic rings. The molecule has 30 heavy (non-hydrogen) atoms. The van der Waals surface area contributed by atoms with E-state index >= 15 is 0 Å². The van der Waals surface area contributed by atoms with E-state index in [0.717, 1.165) is 12.5 Å². The largest absolute Gasteiger partial charge is 0.459 e. The van der Waals surface area contributed by atoms with Crippen LogP contribution in [0.25, 0.3) is 0 Å². The van der Waals surface area contributed by atoms with E-state index in [1.807, 2.05) is 41.5 Å². The molecule has 4 fully saturated rings. The molecule has 2 unspecified atom stereocenters. The van der Waals surface area contributed by atoms with Crippen LogP contribution in [0.3, 0.4) is 0 Å². The van der Waals surface area contributed by atoms with Gasteiger partial charge in [0.25, 0.3) is 0 Å². The minimum Gasteiger partial charge on any atom is -0.459 e. The smallest absolute Gasteiger partial charge is 0.330 e. The lowest BCUT2D eigenvalue weighted by Crippen LogP contribution is -2.71. The highest BCUT2D eigenvalue weighted by molar-refractivity contribution is 5.87. The van der Waals surface area contributed by atoms with Gasteiger partial charge < -0.3 is 14.2 Å². The van der Waals surface area contributed by atoms with Gasteiger partial charge in [-0.05, 0) is 85.0 Å². The maximum atomic E-state index is 13.6. The maximum Gasteiger partial charge on any atom is 0.330 e. The average molecular weight is 421 g/mol. The molecule has 4 aliphatic carbocycles. The highest BCUT2D eigenvalue weighted by Gasteiger charge is 2.75. The lowest BCUT2D eigenvalue weighted by molar-refractivity contribution is -0.258. The molecule has 2 atom stereocenters. The summed E-state index contributed by atoms with van der Waals surface area (Å²) in [6, 6.07) is 0. The Balaban J connectivity index is 2.13. The van der Waals surface area contributed by atoms with E-state index in [2.05, 4.69) is 13.5 Å². The summed E-state index contributed by atoms with van der Waals surface area (Å²) in [6.07, 6.45) is 3.28. The van der Waals surface area contributed by atoms with Gasteiger partial charge in [-0.15, -0.1) is 0 Å². The summed E-state index contributed by atoms with van der Waals surface area (Å²) in [4.78, 5) is 39.5. The second kappa shape index (κ2) is 6.83. The number of rotatable bonds is 4. The molecule has 0 aliphatic heterocycles. The fraction of sp³-hybridized carbons (Fsp3) is 0.792. The standard InChI is InChI=1S/C24H36O6/c1-9-16(25)28-17-23(18(26)29-20(2,3)4)11-15-10-22(8,13-23)14-24(17,12-15)19(27)30-21(5,6)7/h9,15,17H,1,10-14H2,2-8H3. The zero-order valence-electron chi connectivity index (χ0n) is 19.4. The van der Waals surface area contributed by atoms with Gasteiger partial charge in [0.15, 0.2) is 0 Å². The Morgan fingerprint density at radius 2 is 1.30 bits per heavy atom. The van der Waals surface area contributed by atoms with Gasteiger partial charge in [0.05, 0.1) is 0 Å². The Bertz CT molecular complexity index is 722. The Labute approximate surface area is 179 Å². The minimum atomic E-state index is -1.06. The molecule has 0 amide bonds. The van der Waals surface area contributed by atoms with Crippen LogP contribution >= 0.6 is 0 Å². The molecule has 0 saturated heterocycles. The first kappa shape index (κ1) is 22.8. The minimum absolute atomic E-state index is 0.177. The molecular weight excluding hydrogens is 384 g/mol. The van der Waals surface area contributed by atoms with Crippen molar-refractivity contribution in [3.05, 3.63) is 12.7 Å². The quantitative estimate of drug-likeness (QED) is 0.382. The molecule has 168 valence electrons. The van der Waals surface area contributed by atoms with Gasteiger partial charge in [-0.2, -0.15) is 0 Å². The van der Waals surface area contributed by atoms with Gasteiger partial charge in [0, 0.05) is 6.08 Å². The van der Waals surface area contributed by atoms with Crippen LogP contribution in [0.5, 0.6) is 0 Å². The zero-order chi connectivity index (χ0) is 22.8. The van der Waals surface area contributed by atoms with Crippen molar-refractivity contribution in [2.75, 3.05) is 0 Å². The third-order valence-corrected chi connectivity index (χ3v) is 6.59. The Morgan fingerprint density at radius 1 is 0.867 bits per heavy atom. The highest BCUT2D eigenvalue weighted by Crippen LogP contribution is 2.71. The summed E-state index contributed by atoms with van der Waals surface area (Å²) in [7, 11) is 0. The molecule has 4 aliphatic rings. The molecule has 4 bridgehead atoms. The van der Waals surface area contributed by atoms with E-state index in [9.17, 15) is 14.4 Å². The SMILES string of the molecule is C=CC(=O)OC1C2(C(=O)OC(C)(C)C)CC3CC(C)(C2)CC1(C(=O)OC(C)(C)C)C3. The van der Waals surface area contributed by atoms with Crippen LogP contribution in [0.15, 0.2) is 12.7 Å². The van der Waals surface area contributed by atoms with E-state index in [1.165, 1.54) is 0 Å². The molecular formula is C24H36O6. The summed E-state index contributed by atoms with van der Waals surface area (Å²) in [5.41, 5.74) is -3.71. The zero-order valence-corrected chi connectivity index (χ0v) is 19.4. The van der Waals surface area contributed by atoms with Crippen molar-refractivity contribution in [1.82, 2.24) is 0 Å². The van der Waals surface area contributed by atoms with E-state index < -0.39 is 34.1 Å². The van der Waals surface area contributed by atoms with Gasteiger partial charge in [-0.1, -0.05) is 13.5 Å². The number of carbonyl (C=O) groups excluding carboxylic acids is 3. The van der Waals surface area contributed by atoms with E-state index in [0.29, 0.717) is 25.7 Å². The highest BCUT2D eigenvalue weighted by atomic mass is 16.6. The number of carbonyl (C=O) groups is 3. The van der Waals surface area contributed by atoms with Crippen LogP contribution in [-0.4, -0.2) is 35.2 Å². The predicted octanol–water partition coefficient (Wildman–Crippen LogP) is 4.35. The Hall–Kier alpha value is -1.85. The van der Waals surface area contributed by atoms with Crippen LogP contribution < -0.4 is 0 Å². The van der Waals surface area contributed by atoms with Crippen molar-refractivity contribution in [1.29, 1.82) is 0 Å². The van der Waals surface area contributed by atoms with Crippen molar-refractivity contribution in [3.8, 4) is 0 Å². The van der Waals surface area contributed by atoms with Crippen molar-refractivity contribution < 1.29 is 28.6 Å². The molecule has 6 nitrogen and oxygen atoms in total. The van der Waals surface area contributed by atoms with Gasteiger partial charge in [0.2, 0.25) is 0 Å². The summed E-state index contributed by atoms with van der Waals surface area (Å²) in [5.74, 6) is -1.24. The molecule has 4 saturated carbocycles. The summed E-state index contributed by atoms with van der Waals surface area (Å²) >= 11 is 0. The summed E-state index contributed by atoms with van der Waals surface area (Å²) < 4.78 is 17.5. The van der Waals surface area contributed by atoms with Crippen molar-refractivity contribution >= 4 is 17.9 Å². The lowest BCUT2D eigenvalue weighted by Gasteiger charge is -2.66. The van der Waals surface area contributed by atoms with Crippen LogP contribution in [0, 0.1) is 22.2 Å². The molecule has 4 rings (SSSR count). The first-order valence-corrected chi connectivity index (χ1v) is 10.8. The molecule has 0 aromatic carbocycles. The van der Waals surface area contributed by atoms with Crippen LogP contribution in [0.2, 0.25) is 0 Å². The monoisotopic (exact) mass is 420 g/mol. The topological polar surface area (TPSA) is 78.9 Å². The first-order valence-electron chi connectivity index (χ1n) is 10.8. The fourth-order valence-corrected chi connectivity index (χ4v) is 6.42. The van der Waals surface area contributed by atoms with Gasteiger partial charge in [-0.25, -0.2) is 4.79 Å². The van der Waals surface area contributed by atoms with Gasteiger partial charge in [-0.3, -0.25) is 9.59 Å². The fourth-order valence-electron chi connectivity index (χ4n) is 6.42. The Morgan fingerprint density at radius 3 is 1.63 bits per heavy atom. The molecule has 0 radical (unpaired) electrons. The van der Waals surface area contributed by atoms with E-state index in [1.54, 1.807) is 0 Å². The molecule has 0 heterocycles. The Kier molecular flexibility index (Phi) is 5.19. The van der Waals surface area contributed by atoms with E-state index in [4.69, 9.17) is 14.2 Å². The van der Waals surface area contributed by atoms with Crippen LogP contribution in [-0.2, 0) is 28.6 Å². The normalized spacial score (nSPS) is 37.4. The number of hydrogen-bond acceptors (Lipinski definition) is 6. The second-order valence-corrected chi connectivity index (χ2v) is 12.0. The predicted molar refractivity (Wildman–Crippen MR) is 111 cm³/mol. The third-order valence-electron chi connectivity index (χ3n) is 6.59. The molecule has 0 N–H and O–H groups in total. The van der Waals surface area contributed by atoms with Crippen molar-refractivity contribution in [2.45, 2.75) is 97.9 Å². The maximum absolute atomic E-state index is 13.6. The number of ether oxygens (including phenoxy) is 3. The lowest BCUT2D eigenvalue weighted by atomic mass is 9.38. The first-order chi connectivity index (χ1) is 13.5. The second-order valence-electron chi connectivity index (χ2n) is 12.0. The average Bonchev–Trinajstić information content (AvgIpc) is 2.53. The molecule has 0 spiro atoms.